The van der Waals surface area contributed by atoms with Gasteiger partial charge in [-0.05, 0) is 34.1 Å². The first-order valence-electron chi connectivity index (χ1n) is 5.29. The molecule has 5 nitrogen and oxygen atoms in total. The first kappa shape index (κ1) is 16.3. The van der Waals surface area contributed by atoms with E-state index in [1.807, 2.05) is 0 Å². The Bertz CT molecular complexity index is 794. The van der Waals surface area contributed by atoms with Gasteiger partial charge in [0.1, 0.15) is 16.5 Å². The fraction of sp³-hybridized carbons (Fsp3) is 0. The van der Waals surface area contributed by atoms with E-state index in [-0.39, 0.29) is 30.9 Å². The van der Waals surface area contributed by atoms with Crippen LogP contribution in [-0.2, 0) is 10.0 Å². The first-order chi connectivity index (χ1) is 9.70. The molecule has 2 aromatic rings. The molecule has 3 N–H and O–H groups in total. The predicted molar refractivity (Wildman–Crippen MR) is 83.6 cm³/mol. The SMILES string of the molecule is Nc1ncc(S(=O)(=O)Nc2c(Cl)cc(F)cc2Br)cc1Cl. The lowest BCUT2D eigenvalue weighted by molar-refractivity contribution is 0.600. The fourth-order valence-corrected chi connectivity index (χ4v) is 3.80. The third-order valence-electron chi connectivity index (χ3n) is 2.40. The summed E-state index contributed by atoms with van der Waals surface area (Å²) < 4.78 is 40.0. The molecule has 0 aliphatic heterocycles. The Kier molecular flexibility index (Phi) is 4.62. The average Bonchev–Trinajstić information content (AvgIpc) is 2.37. The average molecular weight is 415 g/mol. The van der Waals surface area contributed by atoms with Gasteiger partial charge in [-0.3, -0.25) is 4.72 Å². The van der Waals surface area contributed by atoms with Crippen molar-refractivity contribution < 1.29 is 12.8 Å². The molecule has 1 aromatic heterocycles. The number of halogens is 4. The molecule has 0 saturated heterocycles. The summed E-state index contributed by atoms with van der Waals surface area (Å²) in [6.07, 6.45) is 1.05. The van der Waals surface area contributed by atoms with Crippen molar-refractivity contribution in [2.75, 3.05) is 10.5 Å². The van der Waals surface area contributed by atoms with Gasteiger partial charge in [0.05, 0.1) is 15.7 Å². The molecule has 10 heteroatoms. The normalized spacial score (nSPS) is 11.4. The van der Waals surface area contributed by atoms with E-state index < -0.39 is 15.8 Å². The first-order valence-corrected chi connectivity index (χ1v) is 8.32. The van der Waals surface area contributed by atoms with Crippen molar-refractivity contribution in [3.05, 3.63) is 44.7 Å². The second kappa shape index (κ2) is 5.96. The lowest BCUT2D eigenvalue weighted by Crippen LogP contribution is -2.14. The molecule has 2 rings (SSSR count). The molecule has 0 saturated carbocycles. The molecule has 1 heterocycles. The van der Waals surface area contributed by atoms with E-state index >= 15 is 0 Å². The number of nitrogen functional groups attached to an aromatic ring is 1. The van der Waals surface area contributed by atoms with Crippen LogP contribution in [0.1, 0.15) is 0 Å². The van der Waals surface area contributed by atoms with Crippen LogP contribution in [0.4, 0.5) is 15.9 Å². The maximum Gasteiger partial charge on any atom is 0.263 e. The number of anilines is 2. The second-order valence-electron chi connectivity index (χ2n) is 3.89. The quantitative estimate of drug-likeness (QED) is 0.802. The standard InChI is InChI=1S/C11H7BrCl2FN3O2S/c12-7-1-5(15)2-8(13)10(7)18-21(19,20)6-3-9(14)11(16)17-4-6/h1-4,18H,(H2,16,17). The van der Waals surface area contributed by atoms with Crippen molar-refractivity contribution in [1.82, 2.24) is 4.98 Å². The van der Waals surface area contributed by atoms with Crippen molar-refractivity contribution in [2.45, 2.75) is 4.90 Å². The number of rotatable bonds is 3. The second-order valence-corrected chi connectivity index (χ2v) is 7.24. The van der Waals surface area contributed by atoms with Crippen molar-refractivity contribution in [3.63, 3.8) is 0 Å². The number of pyridine rings is 1. The number of nitrogens with one attached hydrogen (secondary N) is 1. The molecule has 112 valence electrons. The highest BCUT2D eigenvalue weighted by molar-refractivity contribution is 9.10. The Morgan fingerprint density at radius 3 is 2.48 bits per heavy atom. The van der Waals surface area contributed by atoms with E-state index in [9.17, 15) is 12.8 Å². The van der Waals surface area contributed by atoms with Crippen molar-refractivity contribution in [1.29, 1.82) is 0 Å². The van der Waals surface area contributed by atoms with Crippen LogP contribution in [0, 0.1) is 5.82 Å². The third-order valence-corrected chi connectivity index (χ3v) is 4.94. The lowest BCUT2D eigenvalue weighted by Gasteiger charge is -2.12. The molecule has 0 unspecified atom stereocenters. The summed E-state index contributed by atoms with van der Waals surface area (Å²) in [6.45, 7) is 0. The molecule has 0 aliphatic carbocycles. The van der Waals surface area contributed by atoms with Crippen LogP contribution in [0.5, 0.6) is 0 Å². The van der Waals surface area contributed by atoms with Gasteiger partial charge in [-0.15, -0.1) is 0 Å². The zero-order valence-corrected chi connectivity index (χ0v) is 14.0. The van der Waals surface area contributed by atoms with Crippen LogP contribution in [-0.4, -0.2) is 13.4 Å². The Morgan fingerprint density at radius 2 is 1.90 bits per heavy atom. The molecular weight excluding hydrogens is 408 g/mol. The van der Waals surface area contributed by atoms with Crippen molar-refractivity contribution >= 4 is 60.7 Å². The molecule has 1 aromatic carbocycles. The summed E-state index contributed by atoms with van der Waals surface area (Å²) in [6, 6.07) is 3.22. The number of nitrogens with zero attached hydrogens (tertiary/aromatic N) is 1. The Hall–Kier alpha value is -1.09. The molecule has 0 aliphatic rings. The highest BCUT2D eigenvalue weighted by atomic mass is 79.9. The zero-order valence-electron chi connectivity index (χ0n) is 10.1. The summed E-state index contributed by atoms with van der Waals surface area (Å²) in [5, 5.41) is -0.0953. The zero-order chi connectivity index (χ0) is 15.8. The van der Waals surface area contributed by atoms with Crippen LogP contribution in [0.2, 0.25) is 10.0 Å². The minimum Gasteiger partial charge on any atom is -0.382 e. The van der Waals surface area contributed by atoms with Gasteiger partial charge in [-0.1, -0.05) is 23.2 Å². The van der Waals surface area contributed by atoms with Gasteiger partial charge in [0.25, 0.3) is 10.0 Å². The van der Waals surface area contributed by atoms with E-state index in [1.54, 1.807) is 0 Å². The van der Waals surface area contributed by atoms with Gasteiger partial charge < -0.3 is 5.73 Å². The Balaban J connectivity index is 2.44. The topological polar surface area (TPSA) is 85.1 Å². The minimum atomic E-state index is -4.00. The smallest absolute Gasteiger partial charge is 0.263 e. The van der Waals surface area contributed by atoms with Gasteiger partial charge >= 0.3 is 0 Å². The van der Waals surface area contributed by atoms with Crippen LogP contribution < -0.4 is 10.5 Å². The third kappa shape index (κ3) is 3.57. The molecule has 0 radical (unpaired) electrons. The van der Waals surface area contributed by atoms with Crippen LogP contribution in [0.15, 0.2) is 33.8 Å². The van der Waals surface area contributed by atoms with Crippen molar-refractivity contribution in [2.24, 2.45) is 0 Å². The number of sulfonamides is 1. The highest BCUT2D eigenvalue weighted by Gasteiger charge is 2.20. The van der Waals surface area contributed by atoms with Gasteiger partial charge in [-0.2, -0.15) is 0 Å². The van der Waals surface area contributed by atoms with Gasteiger partial charge in [0.15, 0.2) is 0 Å². The number of hydrogen-bond acceptors (Lipinski definition) is 4. The maximum atomic E-state index is 13.1. The van der Waals surface area contributed by atoms with Crippen LogP contribution >= 0.6 is 39.1 Å². The van der Waals surface area contributed by atoms with Gasteiger partial charge in [0.2, 0.25) is 0 Å². The number of nitrogens with two attached hydrogens (primary N) is 1. The monoisotopic (exact) mass is 413 g/mol. The van der Waals surface area contributed by atoms with E-state index in [0.717, 1.165) is 24.4 Å². The number of aromatic nitrogens is 1. The molecule has 0 spiro atoms. The molecule has 0 bridgehead atoms. The number of benzene rings is 1. The fourth-order valence-electron chi connectivity index (χ4n) is 1.41. The summed E-state index contributed by atoms with van der Waals surface area (Å²) in [4.78, 5) is 3.47. The minimum absolute atomic E-state index is 0.00198. The van der Waals surface area contributed by atoms with E-state index in [0.29, 0.717) is 0 Å². The molecule has 0 atom stereocenters. The molecular formula is C11H7BrCl2FN3O2S. The largest absolute Gasteiger partial charge is 0.382 e. The summed E-state index contributed by atoms with van der Waals surface area (Å²) in [5.74, 6) is -0.594. The number of hydrogen-bond donors (Lipinski definition) is 2. The maximum absolute atomic E-state index is 13.1. The van der Waals surface area contributed by atoms with Crippen molar-refractivity contribution in [3.8, 4) is 0 Å². The molecule has 21 heavy (non-hydrogen) atoms. The van der Waals surface area contributed by atoms with Crippen LogP contribution in [0.3, 0.4) is 0 Å². The predicted octanol–water partition coefficient (Wildman–Crippen LogP) is 3.67. The Labute approximate surface area is 138 Å². The lowest BCUT2D eigenvalue weighted by atomic mass is 10.3. The molecule has 0 amide bonds. The van der Waals surface area contributed by atoms with Gasteiger partial charge in [0, 0.05) is 10.7 Å². The summed E-state index contributed by atoms with van der Waals surface area (Å²) >= 11 is 14.6. The highest BCUT2D eigenvalue weighted by Crippen LogP contribution is 2.33. The van der Waals surface area contributed by atoms with E-state index in [2.05, 4.69) is 25.6 Å². The van der Waals surface area contributed by atoms with Gasteiger partial charge in [-0.25, -0.2) is 17.8 Å². The van der Waals surface area contributed by atoms with E-state index in [4.69, 9.17) is 28.9 Å². The van der Waals surface area contributed by atoms with E-state index in [1.165, 1.54) is 0 Å². The Morgan fingerprint density at radius 1 is 1.24 bits per heavy atom. The summed E-state index contributed by atoms with van der Waals surface area (Å²) in [7, 11) is -4.00. The molecule has 0 fully saturated rings. The summed E-state index contributed by atoms with van der Waals surface area (Å²) in [5.41, 5.74) is 5.43. The van der Waals surface area contributed by atoms with Crippen LogP contribution in [0.25, 0.3) is 0 Å².